The van der Waals surface area contributed by atoms with Gasteiger partial charge in [-0.25, -0.2) is 9.36 Å². The minimum absolute atomic E-state index is 0.128. The Labute approximate surface area is 352 Å². The van der Waals surface area contributed by atoms with E-state index < -0.39 is 57.6 Å². The van der Waals surface area contributed by atoms with Gasteiger partial charge in [0.15, 0.2) is 6.04 Å². The highest BCUT2D eigenvalue weighted by Gasteiger charge is 2.28. The van der Waals surface area contributed by atoms with Crippen LogP contribution in [0, 0.1) is 0 Å². The fourth-order valence-electron chi connectivity index (χ4n) is 6.02. The van der Waals surface area contributed by atoms with Crippen LogP contribution in [-0.2, 0) is 32.7 Å². The van der Waals surface area contributed by atoms with Gasteiger partial charge >= 0.3 is 19.8 Å². The van der Waals surface area contributed by atoms with Gasteiger partial charge in [0, 0.05) is 12.8 Å². The number of allylic oxidation sites excluding steroid dienone is 8. The largest absolute Gasteiger partial charge is 0.480 e. The van der Waals surface area contributed by atoms with Crippen LogP contribution >= 0.6 is 7.82 Å². The molecule has 0 radical (unpaired) electrons. The van der Waals surface area contributed by atoms with Crippen molar-refractivity contribution < 1.29 is 47.8 Å². The summed E-state index contributed by atoms with van der Waals surface area (Å²) in [6, 6.07) is -1.55. The summed E-state index contributed by atoms with van der Waals surface area (Å²) in [7, 11) is -4.76. The number of hydrogen-bond acceptors (Lipinski definition) is 8. The zero-order valence-corrected chi connectivity index (χ0v) is 37.2. The van der Waals surface area contributed by atoms with Crippen molar-refractivity contribution >= 4 is 25.7 Å². The Morgan fingerprint density at radius 2 is 0.948 bits per heavy atom. The van der Waals surface area contributed by atoms with Gasteiger partial charge in [-0.1, -0.05) is 152 Å². The van der Waals surface area contributed by atoms with E-state index in [-0.39, 0.29) is 12.8 Å². The Balaban J connectivity index is 3.90. The number of nitrogens with one attached hydrogen (secondary N) is 1. The van der Waals surface area contributed by atoms with E-state index >= 15 is 0 Å². The van der Waals surface area contributed by atoms with E-state index in [1.165, 1.54) is 77.0 Å². The van der Waals surface area contributed by atoms with E-state index in [9.17, 15) is 34.1 Å². The molecule has 0 aliphatic rings. The molecule has 0 fully saturated rings. The maximum atomic E-state index is 12.3. The molecule has 0 aromatic rings. The van der Waals surface area contributed by atoms with Crippen molar-refractivity contribution in [3.8, 4) is 0 Å². The normalized spacial score (nSPS) is 14.1. The summed E-state index contributed by atoms with van der Waals surface area (Å²) >= 11 is 0. The summed E-state index contributed by atoms with van der Waals surface area (Å²) < 4.78 is 26.8. The molecule has 3 unspecified atom stereocenters. The number of rotatable bonds is 42. The first-order valence-electron chi connectivity index (χ1n) is 22.7. The second-order valence-corrected chi connectivity index (χ2v) is 16.7. The molecule has 3 atom stereocenters. The van der Waals surface area contributed by atoms with Crippen molar-refractivity contribution in [1.29, 1.82) is 0 Å². The molecule has 11 nitrogen and oxygen atoms in total. The predicted octanol–water partition coefficient (Wildman–Crippen LogP) is 11.8. The van der Waals surface area contributed by atoms with Crippen LogP contribution in [-0.4, -0.2) is 64.9 Å². The number of aliphatic carboxylic acids is 1. The average Bonchev–Trinajstić information content (AvgIpc) is 3.20. The standard InChI is InChI=1S/C46H82NO10P/c1-3-5-7-9-11-13-15-17-19-20-21-22-24-26-28-30-32-34-36-38-45(50)55-39-42(48)40-56-58(53,54)57-41-43(46(51)52)47-44(49)37-35-33-31-29-27-25-23-18-16-14-12-10-8-6-4-2/h11-14,17-19,23,42-43,48H,3-10,15-16,20-22,24-41H2,1-2H3,(H,47,49)(H,51,52)(H,53,54)/b13-11-,14-12-,19-17-,23-18-. The quantitative estimate of drug-likeness (QED) is 0.0201. The maximum Gasteiger partial charge on any atom is 0.472 e. The molecule has 12 heteroatoms. The number of phosphoric ester groups is 1. The van der Waals surface area contributed by atoms with Crippen molar-refractivity contribution in [3.05, 3.63) is 48.6 Å². The lowest BCUT2D eigenvalue weighted by Gasteiger charge is -2.18. The maximum absolute atomic E-state index is 12.3. The number of aliphatic hydroxyl groups excluding tert-OH is 1. The topological polar surface area (TPSA) is 169 Å². The SMILES string of the molecule is CCCCC/C=C\C/C=C\CCCCCCCCCCCC(=O)OCC(O)COP(=O)(O)OCC(NC(=O)CCCCCCC/C=C\C/C=C\CCCCC)C(=O)O. The highest BCUT2D eigenvalue weighted by molar-refractivity contribution is 7.47. The van der Waals surface area contributed by atoms with E-state index in [0.717, 1.165) is 77.0 Å². The highest BCUT2D eigenvalue weighted by Crippen LogP contribution is 2.43. The Kier molecular flexibility index (Phi) is 39.4. The van der Waals surface area contributed by atoms with Crippen molar-refractivity contribution in [2.45, 2.75) is 206 Å². The second kappa shape index (κ2) is 41.2. The first kappa shape index (κ1) is 55.4. The third kappa shape index (κ3) is 40.2. The second-order valence-electron chi connectivity index (χ2n) is 15.2. The van der Waals surface area contributed by atoms with Gasteiger partial charge in [-0.15, -0.1) is 0 Å². The van der Waals surface area contributed by atoms with Crippen molar-refractivity contribution in [2.75, 3.05) is 19.8 Å². The summed E-state index contributed by atoms with van der Waals surface area (Å²) in [5.41, 5.74) is 0. The van der Waals surface area contributed by atoms with Gasteiger partial charge in [-0.3, -0.25) is 18.6 Å². The Morgan fingerprint density at radius 3 is 1.40 bits per heavy atom. The van der Waals surface area contributed by atoms with Crippen LogP contribution in [0.1, 0.15) is 194 Å². The fraction of sp³-hybridized carbons (Fsp3) is 0.761. The molecule has 0 aromatic carbocycles. The van der Waals surface area contributed by atoms with Crippen molar-refractivity contribution in [2.24, 2.45) is 0 Å². The molecule has 4 N–H and O–H groups in total. The molecule has 58 heavy (non-hydrogen) atoms. The molecule has 0 spiro atoms. The lowest BCUT2D eigenvalue weighted by Crippen LogP contribution is -2.43. The van der Waals surface area contributed by atoms with E-state index in [0.29, 0.717) is 12.8 Å². The Hall–Kier alpha value is -2.56. The van der Waals surface area contributed by atoms with Crippen LogP contribution in [0.3, 0.4) is 0 Å². The monoisotopic (exact) mass is 840 g/mol. The third-order valence-corrected chi connectivity index (χ3v) is 10.5. The number of unbranched alkanes of at least 4 members (excludes halogenated alkanes) is 20. The average molecular weight is 840 g/mol. The lowest BCUT2D eigenvalue weighted by atomic mass is 10.1. The smallest absolute Gasteiger partial charge is 0.472 e. The number of phosphoric acid groups is 1. The first-order chi connectivity index (χ1) is 28.1. The van der Waals surface area contributed by atoms with Gasteiger partial charge in [0.25, 0.3) is 0 Å². The Morgan fingerprint density at radius 1 is 0.552 bits per heavy atom. The molecule has 0 aromatic heterocycles. The molecule has 336 valence electrons. The summed E-state index contributed by atoms with van der Waals surface area (Å²) in [6.07, 6.45) is 45.6. The number of hydrogen-bond donors (Lipinski definition) is 4. The minimum atomic E-state index is -4.76. The molecule has 0 saturated heterocycles. The summed E-state index contributed by atoms with van der Waals surface area (Å²) in [5, 5.41) is 21.8. The number of aliphatic hydroxyl groups is 1. The van der Waals surface area contributed by atoms with E-state index in [2.05, 4.69) is 67.8 Å². The summed E-state index contributed by atoms with van der Waals surface area (Å²) in [6.45, 7) is 2.53. The van der Waals surface area contributed by atoms with Crippen LogP contribution in [0.15, 0.2) is 48.6 Å². The number of carbonyl (C=O) groups excluding carboxylic acids is 2. The zero-order valence-electron chi connectivity index (χ0n) is 36.3. The predicted molar refractivity (Wildman–Crippen MR) is 235 cm³/mol. The van der Waals surface area contributed by atoms with Crippen LogP contribution in [0.4, 0.5) is 0 Å². The van der Waals surface area contributed by atoms with Gasteiger partial charge in [-0.05, 0) is 77.0 Å². The molecule has 0 aliphatic carbocycles. The molecule has 0 bridgehead atoms. The van der Waals surface area contributed by atoms with Crippen LogP contribution < -0.4 is 5.32 Å². The molecule has 0 rings (SSSR count). The molecular formula is C46H82NO10P. The zero-order chi connectivity index (χ0) is 42.8. The van der Waals surface area contributed by atoms with Gasteiger partial charge in [0.2, 0.25) is 5.91 Å². The van der Waals surface area contributed by atoms with Crippen LogP contribution in [0.2, 0.25) is 0 Å². The fourth-order valence-corrected chi connectivity index (χ4v) is 6.79. The van der Waals surface area contributed by atoms with Gasteiger partial charge in [0.1, 0.15) is 12.7 Å². The number of carboxylic acid groups (broad SMARTS) is 1. The van der Waals surface area contributed by atoms with Crippen LogP contribution in [0.25, 0.3) is 0 Å². The Bertz CT molecular complexity index is 1170. The highest BCUT2D eigenvalue weighted by atomic mass is 31.2. The van der Waals surface area contributed by atoms with E-state index in [4.69, 9.17) is 13.8 Å². The van der Waals surface area contributed by atoms with Gasteiger partial charge in [-0.2, -0.15) is 0 Å². The van der Waals surface area contributed by atoms with Crippen molar-refractivity contribution in [3.63, 3.8) is 0 Å². The number of ether oxygens (including phenoxy) is 1. The number of carbonyl (C=O) groups is 3. The molecule has 0 heterocycles. The minimum Gasteiger partial charge on any atom is -0.480 e. The summed E-state index contributed by atoms with van der Waals surface area (Å²) in [5.74, 6) is -2.40. The van der Waals surface area contributed by atoms with Crippen LogP contribution in [0.5, 0.6) is 0 Å². The molecule has 1 amide bonds. The van der Waals surface area contributed by atoms with E-state index in [1.54, 1.807) is 0 Å². The van der Waals surface area contributed by atoms with Gasteiger partial charge in [0.05, 0.1) is 13.2 Å². The van der Waals surface area contributed by atoms with Gasteiger partial charge < -0.3 is 25.2 Å². The number of carboxylic acids is 1. The number of esters is 1. The van der Waals surface area contributed by atoms with E-state index in [1.807, 2.05) is 0 Å². The number of amides is 1. The molecule has 0 aliphatic heterocycles. The molecule has 0 saturated carbocycles. The summed E-state index contributed by atoms with van der Waals surface area (Å²) in [4.78, 5) is 45.9. The molecular weight excluding hydrogens is 757 g/mol. The lowest BCUT2D eigenvalue weighted by molar-refractivity contribution is -0.147. The third-order valence-electron chi connectivity index (χ3n) is 9.59. The van der Waals surface area contributed by atoms with Crippen molar-refractivity contribution in [1.82, 2.24) is 5.32 Å². The first-order valence-corrected chi connectivity index (χ1v) is 24.2.